The van der Waals surface area contributed by atoms with Crippen molar-refractivity contribution in [3.8, 4) is 0 Å². The maximum absolute atomic E-state index is 14.1. The number of hydrogen-bond donors (Lipinski definition) is 3. The number of methoxy groups -OCH3 is 1. The number of nitrogens with zero attached hydrogens (tertiary/aromatic N) is 2. The van der Waals surface area contributed by atoms with E-state index in [4.69, 9.17) is 16.3 Å². The number of aliphatic hydroxyl groups is 2. The summed E-state index contributed by atoms with van der Waals surface area (Å²) in [7, 11) is 3.23. The van der Waals surface area contributed by atoms with Crippen molar-refractivity contribution >= 4 is 23.4 Å². The van der Waals surface area contributed by atoms with E-state index in [1.54, 1.807) is 25.1 Å². The van der Waals surface area contributed by atoms with Gasteiger partial charge in [-0.15, -0.1) is 0 Å². The highest BCUT2D eigenvalue weighted by atomic mass is 35.5. The zero-order chi connectivity index (χ0) is 22.5. The van der Waals surface area contributed by atoms with E-state index in [-0.39, 0.29) is 34.5 Å². The lowest BCUT2D eigenvalue weighted by molar-refractivity contribution is -0.146. The Kier molecular flexibility index (Phi) is 5.45. The van der Waals surface area contributed by atoms with Gasteiger partial charge in [-0.05, 0) is 18.9 Å². The number of nitrogens with one attached hydrogen (secondary N) is 1. The van der Waals surface area contributed by atoms with Crippen LogP contribution in [0, 0.1) is 5.82 Å². The van der Waals surface area contributed by atoms with Crippen molar-refractivity contribution in [3.63, 3.8) is 0 Å². The maximum Gasteiger partial charge on any atom is 0.273 e. The van der Waals surface area contributed by atoms with Crippen LogP contribution in [0.15, 0.2) is 41.4 Å². The Morgan fingerprint density at radius 1 is 1.42 bits per heavy atom. The van der Waals surface area contributed by atoms with Crippen LogP contribution in [-0.2, 0) is 20.9 Å². The van der Waals surface area contributed by atoms with Crippen LogP contribution in [0.4, 0.5) is 4.39 Å². The van der Waals surface area contributed by atoms with Gasteiger partial charge in [-0.25, -0.2) is 4.39 Å². The van der Waals surface area contributed by atoms with Gasteiger partial charge in [0, 0.05) is 39.0 Å². The first-order valence-corrected chi connectivity index (χ1v) is 10.2. The molecule has 3 N–H and O–H groups in total. The highest BCUT2D eigenvalue weighted by Crippen LogP contribution is 2.47. The Hall–Kier alpha value is -2.62. The number of hydrogen-bond acceptors (Lipinski definition) is 6. The van der Waals surface area contributed by atoms with Gasteiger partial charge in [0.25, 0.3) is 11.8 Å². The van der Waals surface area contributed by atoms with Gasteiger partial charge in [0.05, 0.1) is 22.2 Å². The number of piperazine rings is 1. The Morgan fingerprint density at radius 3 is 2.81 bits per heavy atom. The number of amides is 2. The third-order valence-electron chi connectivity index (χ3n) is 6.18. The first-order chi connectivity index (χ1) is 14.7. The minimum absolute atomic E-state index is 0.00618. The van der Waals surface area contributed by atoms with Crippen LogP contribution in [-0.4, -0.2) is 70.3 Å². The molecule has 1 aromatic rings. The summed E-state index contributed by atoms with van der Waals surface area (Å²) in [5, 5.41) is 23.7. The molecule has 1 unspecified atom stereocenters. The molecule has 1 saturated carbocycles. The molecular weight excluding hydrogens is 429 g/mol. The number of carbonyl (C=O) groups is 2. The minimum atomic E-state index is -1.68. The van der Waals surface area contributed by atoms with Crippen LogP contribution in [0.25, 0.3) is 0 Å². The number of rotatable bonds is 4. The third-order valence-corrected chi connectivity index (χ3v) is 6.47. The zero-order valence-electron chi connectivity index (χ0n) is 17.1. The van der Waals surface area contributed by atoms with Gasteiger partial charge in [-0.2, -0.15) is 0 Å². The Morgan fingerprint density at radius 2 is 2.13 bits per heavy atom. The normalized spacial score (nSPS) is 27.8. The van der Waals surface area contributed by atoms with Gasteiger partial charge in [-0.3, -0.25) is 9.59 Å². The Balaban J connectivity index is 1.61. The van der Waals surface area contributed by atoms with E-state index in [0.717, 1.165) is 0 Å². The quantitative estimate of drug-likeness (QED) is 0.640. The third kappa shape index (κ3) is 3.46. The van der Waals surface area contributed by atoms with Gasteiger partial charge in [0.2, 0.25) is 0 Å². The molecule has 8 nitrogen and oxygen atoms in total. The predicted molar refractivity (Wildman–Crippen MR) is 109 cm³/mol. The van der Waals surface area contributed by atoms with Crippen molar-refractivity contribution in [3.05, 3.63) is 57.8 Å². The van der Waals surface area contributed by atoms with Crippen LogP contribution in [0.5, 0.6) is 0 Å². The molecular formula is C21H23ClFN3O5. The second kappa shape index (κ2) is 7.81. The molecule has 0 bridgehead atoms. The van der Waals surface area contributed by atoms with Crippen LogP contribution in [0.3, 0.4) is 0 Å². The van der Waals surface area contributed by atoms with Gasteiger partial charge >= 0.3 is 0 Å². The van der Waals surface area contributed by atoms with Crippen molar-refractivity contribution in [2.24, 2.45) is 0 Å². The summed E-state index contributed by atoms with van der Waals surface area (Å²) in [6.07, 6.45) is 0.898. The molecule has 166 valence electrons. The fourth-order valence-corrected chi connectivity index (χ4v) is 4.65. The molecule has 4 rings (SSSR count). The van der Waals surface area contributed by atoms with Crippen LogP contribution >= 0.6 is 11.6 Å². The van der Waals surface area contributed by atoms with Crippen molar-refractivity contribution in [1.29, 1.82) is 0 Å². The first kappa shape index (κ1) is 21.6. The van der Waals surface area contributed by atoms with Crippen molar-refractivity contribution in [2.45, 2.75) is 37.1 Å². The number of benzene rings is 1. The summed E-state index contributed by atoms with van der Waals surface area (Å²) in [6.45, 7) is 0.225. The highest BCUT2D eigenvalue weighted by Gasteiger charge is 2.56. The van der Waals surface area contributed by atoms with E-state index in [1.807, 2.05) is 0 Å². The second-order valence-corrected chi connectivity index (χ2v) is 8.55. The summed E-state index contributed by atoms with van der Waals surface area (Å²) in [4.78, 5) is 28.6. The van der Waals surface area contributed by atoms with Crippen molar-refractivity contribution in [2.75, 3.05) is 20.7 Å². The average molecular weight is 452 g/mol. The van der Waals surface area contributed by atoms with Crippen LogP contribution < -0.4 is 5.32 Å². The van der Waals surface area contributed by atoms with Crippen molar-refractivity contribution < 1.29 is 28.9 Å². The fourth-order valence-electron chi connectivity index (χ4n) is 4.46. The molecule has 31 heavy (non-hydrogen) atoms. The molecule has 0 radical (unpaired) electrons. The lowest BCUT2D eigenvalue weighted by atomic mass is 9.70. The van der Waals surface area contributed by atoms with Gasteiger partial charge < -0.3 is 30.1 Å². The Labute approximate surface area is 183 Å². The highest BCUT2D eigenvalue weighted by molar-refractivity contribution is 6.30. The van der Waals surface area contributed by atoms with Crippen LogP contribution in [0.2, 0.25) is 5.02 Å². The number of fused-ring (bicyclic) bond motifs is 2. The summed E-state index contributed by atoms with van der Waals surface area (Å²) in [5.41, 5.74) is -0.549. The molecule has 3 aliphatic rings. The minimum Gasteiger partial charge on any atom is -0.507 e. The van der Waals surface area contributed by atoms with E-state index in [0.29, 0.717) is 19.4 Å². The molecule has 10 heteroatoms. The molecule has 1 atom stereocenters. The van der Waals surface area contributed by atoms with Crippen LogP contribution in [0.1, 0.15) is 18.4 Å². The smallest absolute Gasteiger partial charge is 0.273 e. The lowest BCUT2D eigenvalue weighted by Gasteiger charge is -2.58. The summed E-state index contributed by atoms with van der Waals surface area (Å²) in [5.74, 6) is -2.36. The topological polar surface area (TPSA) is 102 Å². The number of likely N-dealkylation sites (N-methyl/N-ethyl adjacent to an activating group) is 1. The lowest BCUT2D eigenvalue weighted by Crippen LogP contribution is -2.68. The number of aliphatic hydroxyl groups excluding tert-OH is 2. The first-order valence-electron chi connectivity index (χ1n) is 9.80. The second-order valence-electron chi connectivity index (χ2n) is 8.14. The SMILES string of the molecule is CO[C@H]1C[C@@]2(CN(C)C(=O)C3=C(O)C(O)C(C(=O)NCc4cccc(Cl)c4F)=CN32)C1. The van der Waals surface area contributed by atoms with E-state index < -0.39 is 35.0 Å². The largest absolute Gasteiger partial charge is 0.507 e. The molecule has 0 aromatic heterocycles. The van der Waals surface area contributed by atoms with Gasteiger partial charge in [-0.1, -0.05) is 23.7 Å². The Bertz CT molecular complexity index is 1000. The molecule has 1 spiro atoms. The molecule has 2 fully saturated rings. The summed E-state index contributed by atoms with van der Waals surface area (Å²) in [6, 6.07) is 4.44. The van der Waals surface area contributed by atoms with E-state index >= 15 is 0 Å². The zero-order valence-corrected chi connectivity index (χ0v) is 17.8. The molecule has 2 amide bonds. The van der Waals surface area contributed by atoms with E-state index in [9.17, 15) is 24.2 Å². The summed E-state index contributed by atoms with van der Waals surface area (Å²) < 4.78 is 19.5. The van der Waals surface area contributed by atoms with Gasteiger partial charge in [0.15, 0.2) is 5.76 Å². The standard InChI is InChI=1S/C21H23ClFN3O5/c1-25-10-21(6-12(7-21)31-2)26-9-13(17(27)18(28)16(26)20(25)30)19(29)24-8-11-4-3-5-14(22)15(11)23/h3-5,9,12,17,27-28H,6-8,10H2,1-2H3,(H,24,29)/t12-,17?,21-. The number of halogens is 2. The fraction of sp³-hybridized carbons (Fsp3) is 0.429. The molecule has 2 heterocycles. The average Bonchev–Trinajstić information content (AvgIpc) is 2.71. The number of ether oxygens (including phenoxy) is 1. The van der Waals surface area contributed by atoms with E-state index in [1.165, 1.54) is 23.2 Å². The monoisotopic (exact) mass is 451 g/mol. The molecule has 1 aliphatic carbocycles. The predicted octanol–water partition coefficient (Wildman–Crippen LogP) is 1.44. The number of carbonyl (C=O) groups excluding carboxylic acids is 2. The summed E-state index contributed by atoms with van der Waals surface area (Å²) >= 11 is 5.77. The van der Waals surface area contributed by atoms with Gasteiger partial charge in [0.1, 0.15) is 17.6 Å². The van der Waals surface area contributed by atoms with E-state index in [2.05, 4.69) is 5.32 Å². The maximum atomic E-state index is 14.1. The molecule has 1 aromatic carbocycles. The van der Waals surface area contributed by atoms with Crippen molar-refractivity contribution in [1.82, 2.24) is 15.1 Å². The molecule has 1 saturated heterocycles. The molecule has 2 aliphatic heterocycles.